The van der Waals surface area contributed by atoms with Crippen molar-refractivity contribution in [2.45, 2.75) is 79.7 Å². The van der Waals surface area contributed by atoms with Crippen LogP contribution in [0.15, 0.2) is 60.7 Å². The fourth-order valence-electron chi connectivity index (χ4n) is 4.43. The third kappa shape index (κ3) is 8.63. The molecule has 0 bridgehead atoms. The maximum Gasteiger partial charge on any atom is 0.537 e. The second kappa shape index (κ2) is 13.2. The Labute approximate surface area is 253 Å². The summed E-state index contributed by atoms with van der Waals surface area (Å²) in [5.41, 5.74) is 2.46. The lowest BCUT2D eigenvalue weighted by Crippen LogP contribution is -2.49. The summed E-state index contributed by atoms with van der Waals surface area (Å²) < 4.78 is 28.5. The molecule has 2 aliphatic rings. The molecule has 0 saturated carbocycles. The van der Waals surface area contributed by atoms with E-state index in [1.165, 1.54) is 0 Å². The Morgan fingerprint density at radius 1 is 0.650 bits per heavy atom. The van der Waals surface area contributed by atoms with Crippen LogP contribution in [-0.2, 0) is 17.7 Å². The Bertz CT molecular complexity index is 987. The van der Waals surface area contributed by atoms with Crippen LogP contribution < -0.4 is 0 Å². The lowest BCUT2D eigenvalue weighted by molar-refractivity contribution is 0.117. The molecule has 2 aliphatic heterocycles. The average Bonchev–Trinajstić information content (AvgIpc) is 3.27. The first-order valence-corrected chi connectivity index (χ1v) is 19.6. The predicted octanol–water partition coefficient (Wildman–Crippen LogP) is 7.63. The minimum atomic E-state index is -2.80. The zero-order chi connectivity index (χ0) is 29.9. The van der Waals surface area contributed by atoms with Crippen LogP contribution in [0.5, 0.6) is 0 Å². The summed E-state index contributed by atoms with van der Waals surface area (Å²) >= 11 is 13.4. The molecule has 0 amide bonds. The van der Waals surface area contributed by atoms with Crippen LogP contribution in [-0.4, -0.2) is 64.6 Å². The third-order valence-corrected chi connectivity index (χ3v) is 14.5. The molecule has 6 nitrogen and oxygen atoms in total. The van der Waals surface area contributed by atoms with E-state index in [4.69, 9.17) is 39.9 Å². The molecule has 2 aromatic carbocycles. The fraction of sp³-hybridized carbons (Fsp3) is 0.600. The number of hydrogen-bond donors (Lipinski definition) is 0. The van der Waals surface area contributed by atoms with Gasteiger partial charge in [0.2, 0.25) is 0 Å². The van der Waals surface area contributed by atoms with Crippen LogP contribution >= 0.6 is 22.2 Å². The van der Waals surface area contributed by atoms with Crippen LogP contribution in [0.3, 0.4) is 0 Å². The first kappa shape index (κ1) is 33.7. The Balaban J connectivity index is 0.000000220. The van der Waals surface area contributed by atoms with Gasteiger partial charge in [-0.2, -0.15) is 0 Å². The Morgan fingerprint density at radius 2 is 0.950 bits per heavy atom. The highest BCUT2D eigenvalue weighted by Gasteiger charge is 2.56. The van der Waals surface area contributed by atoms with Crippen LogP contribution in [0.4, 0.5) is 0 Å². The van der Waals surface area contributed by atoms with Gasteiger partial charge in [0.05, 0.1) is 12.2 Å². The van der Waals surface area contributed by atoms with Crippen molar-refractivity contribution in [3.63, 3.8) is 0 Å². The quantitative estimate of drug-likeness (QED) is 0.242. The van der Waals surface area contributed by atoms with Crippen molar-refractivity contribution in [3.05, 3.63) is 71.8 Å². The summed E-state index contributed by atoms with van der Waals surface area (Å²) in [5.74, 6) is 0. The second-order valence-electron chi connectivity index (χ2n) is 13.3. The topological polar surface area (TPSA) is 43.4 Å². The lowest BCUT2D eigenvalue weighted by atomic mass is 9.99. The molecule has 2 heterocycles. The molecule has 0 radical (unpaired) electrons. The summed E-state index contributed by atoms with van der Waals surface area (Å²) in [7, 11) is -1.61. The van der Waals surface area contributed by atoms with Gasteiger partial charge in [0.15, 0.2) is 0 Å². The van der Waals surface area contributed by atoms with Gasteiger partial charge < -0.3 is 17.7 Å². The van der Waals surface area contributed by atoms with Gasteiger partial charge in [0.25, 0.3) is 0 Å². The number of halogens is 2. The maximum atomic E-state index is 6.69. The molecular formula is C30H48Cl2N2O4Si2. The van der Waals surface area contributed by atoms with Crippen molar-refractivity contribution >= 4 is 38.2 Å². The first-order chi connectivity index (χ1) is 18.5. The molecule has 0 aliphatic carbocycles. The molecule has 0 aromatic heterocycles. The van der Waals surface area contributed by atoms with E-state index in [1.807, 2.05) is 50.5 Å². The van der Waals surface area contributed by atoms with E-state index >= 15 is 0 Å². The van der Waals surface area contributed by atoms with Crippen molar-refractivity contribution in [2.75, 3.05) is 27.3 Å². The molecule has 0 spiro atoms. The number of benzene rings is 2. The molecule has 2 saturated heterocycles. The zero-order valence-corrected chi connectivity index (χ0v) is 29.3. The highest BCUT2D eigenvalue weighted by atomic mass is 35.6. The number of hydrogen-bond acceptors (Lipinski definition) is 6. The van der Waals surface area contributed by atoms with Crippen molar-refractivity contribution in [1.82, 2.24) is 9.13 Å². The number of likely N-dealkylation sites (N-methyl/N-ethyl adjacent to an activating group) is 2. The van der Waals surface area contributed by atoms with Gasteiger partial charge >= 0.3 is 16.1 Å². The van der Waals surface area contributed by atoms with Gasteiger partial charge in [0.1, 0.15) is 0 Å². The lowest BCUT2D eigenvalue weighted by Gasteiger charge is -2.29. The van der Waals surface area contributed by atoms with Gasteiger partial charge in [-0.05, 0) is 49.9 Å². The predicted molar refractivity (Wildman–Crippen MR) is 169 cm³/mol. The van der Waals surface area contributed by atoms with Crippen LogP contribution in [0.2, 0.25) is 0 Å². The van der Waals surface area contributed by atoms with E-state index in [-0.39, 0.29) is 35.1 Å². The van der Waals surface area contributed by atoms with Crippen LogP contribution in [0, 0.1) is 10.8 Å². The summed E-state index contributed by atoms with van der Waals surface area (Å²) in [6, 6.07) is 20.9. The molecule has 0 N–H and O–H groups in total. The summed E-state index contributed by atoms with van der Waals surface area (Å²) in [4.78, 5) is 0. The van der Waals surface area contributed by atoms with Crippen molar-refractivity contribution in [2.24, 2.45) is 10.8 Å². The van der Waals surface area contributed by atoms with Crippen molar-refractivity contribution in [3.8, 4) is 0 Å². The normalized spacial score (nSPS) is 31.7. The Morgan fingerprint density at radius 3 is 1.23 bits per heavy atom. The van der Waals surface area contributed by atoms with E-state index in [1.54, 1.807) is 0 Å². The smallest absolute Gasteiger partial charge is 0.370 e. The molecule has 10 heteroatoms. The van der Waals surface area contributed by atoms with Gasteiger partial charge in [-0.3, -0.25) is 9.13 Å². The fourth-order valence-corrected chi connectivity index (χ4v) is 10.9. The third-order valence-electron chi connectivity index (χ3n) is 7.11. The SMILES string of the molecule is C[C@H]1[C@H](c2ccccc2)O[Si@@](Cl)(OCC(C)(C)C)N1C.C[C@H]1[C@H](c2ccccc2)O[Si@](Cl)(OCC(C)(C)C)N1C. The van der Waals surface area contributed by atoms with E-state index < -0.39 is 16.1 Å². The number of rotatable bonds is 6. The van der Waals surface area contributed by atoms with Crippen molar-refractivity contribution < 1.29 is 17.7 Å². The molecule has 2 fully saturated rings. The summed E-state index contributed by atoms with van der Waals surface area (Å²) in [5, 5.41) is 0. The minimum absolute atomic E-state index is 0.0228. The zero-order valence-electron chi connectivity index (χ0n) is 25.8. The molecule has 40 heavy (non-hydrogen) atoms. The van der Waals surface area contributed by atoms with Crippen LogP contribution in [0.25, 0.3) is 0 Å². The average molecular weight is 628 g/mol. The standard InChI is InChI=1S/2C15H24ClNO2Si/c2*1-12-14(13-9-7-6-8-10-13)19-20(16,17(12)5)18-11-15(2,3)4/h2*6-10,12,14H,11H2,1-5H3/t12-,14+,20+;12-,14+,20-/m00/s1. The summed E-state index contributed by atoms with van der Waals surface area (Å²) in [6.07, 6.45) is -0.0457. The Hall–Kier alpha value is -0.786. The van der Waals surface area contributed by atoms with Gasteiger partial charge in [-0.15, -0.1) is 0 Å². The van der Waals surface area contributed by atoms with Crippen molar-refractivity contribution in [1.29, 1.82) is 0 Å². The minimum Gasteiger partial charge on any atom is -0.370 e. The molecule has 0 unspecified atom stereocenters. The maximum absolute atomic E-state index is 6.69. The largest absolute Gasteiger partial charge is 0.537 e. The van der Waals surface area contributed by atoms with Crippen LogP contribution in [0.1, 0.15) is 78.7 Å². The van der Waals surface area contributed by atoms with Gasteiger partial charge in [0, 0.05) is 25.3 Å². The molecule has 4 rings (SSSR count). The monoisotopic (exact) mass is 626 g/mol. The van der Waals surface area contributed by atoms with E-state index in [0.29, 0.717) is 13.2 Å². The summed E-state index contributed by atoms with van der Waals surface area (Å²) in [6.45, 7) is 18.3. The number of nitrogens with zero attached hydrogens (tertiary/aromatic N) is 2. The highest BCUT2D eigenvalue weighted by molar-refractivity contribution is 7.11. The molecule has 2 aromatic rings. The van der Waals surface area contributed by atoms with Gasteiger partial charge in [-0.25, -0.2) is 0 Å². The highest BCUT2D eigenvalue weighted by Crippen LogP contribution is 2.41. The van der Waals surface area contributed by atoms with E-state index in [9.17, 15) is 0 Å². The molecule has 6 atom stereocenters. The second-order valence-corrected chi connectivity index (χ2v) is 20.7. The Kier molecular flexibility index (Phi) is 11.2. The first-order valence-electron chi connectivity index (χ1n) is 14.0. The molecule has 224 valence electrons. The van der Waals surface area contributed by atoms with E-state index in [0.717, 1.165) is 11.1 Å². The molecular weight excluding hydrogens is 579 g/mol. The van der Waals surface area contributed by atoms with E-state index in [2.05, 4.69) is 88.8 Å². The van der Waals surface area contributed by atoms with Gasteiger partial charge in [-0.1, -0.05) is 124 Å².